The van der Waals surface area contributed by atoms with Crippen molar-refractivity contribution < 1.29 is 28.4 Å². The standard InChI is InChI=1S/C14H16N2O2Se.Li/c1-4-18-14(17)12-13(19-8-15-12)16-11-9(2)6-5-7-10(11)3;/h5-8H,4H2,1-3H3,(H,16,17);/q;+1/p-1. The number of hydrogen-bond acceptors (Lipinski definition) is 3. The quantitative estimate of drug-likeness (QED) is 0.598. The maximum atomic E-state index is 11.8. The molecule has 0 spiro atoms. The van der Waals surface area contributed by atoms with Crippen LogP contribution in [0.2, 0.25) is 0 Å². The first-order valence-corrected chi connectivity index (χ1v) is 7.86. The third kappa shape index (κ3) is 3.77. The molecule has 0 fully saturated rings. The summed E-state index contributed by atoms with van der Waals surface area (Å²) in [6, 6.07) is 6.03. The minimum Gasteiger partial charge on any atom is 1.00 e. The number of benzene rings is 1. The van der Waals surface area contributed by atoms with Crippen LogP contribution in [0.1, 0.15) is 28.5 Å². The minimum absolute atomic E-state index is 0. The van der Waals surface area contributed by atoms with Gasteiger partial charge in [0.1, 0.15) is 0 Å². The molecular weight excluding hydrogens is 314 g/mol. The van der Waals surface area contributed by atoms with Crippen LogP contribution >= 0.6 is 0 Å². The number of carbonyl (C=O) groups excluding carboxylic acids is 1. The zero-order valence-electron chi connectivity index (χ0n) is 12.1. The number of aryl methyl sites for hydroxylation is 2. The van der Waals surface area contributed by atoms with Gasteiger partial charge < -0.3 is 0 Å². The van der Waals surface area contributed by atoms with Crippen molar-refractivity contribution in [1.29, 1.82) is 0 Å². The van der Waals surface area contributed by atoms with E-state index < -0.39 is 0 Å². The molecule has 0 amide bonds. The first-order chi connectivity index (χ1) is 9.13. The second kappa shape index (κ2) is 7.71. The van der Waals surface area contributed by atoms with Crippen LogP contribution in [0.15, 0.2) is 23.3 Å². The Bertz CT molecular complexity index is 578. The summed E-state index contributed by atoms with van der Waals surface area (Å²) in [6.45, 7) is 6.16. The Kier molecular flexibility index (Phi) is 6.58. The summed E-state index contributed by atoms with van der Waals surface area (Å²) in [7, 11) is 0. The molecule has 20 heavy (non-hydrogen) atoms. The molecule has 2 aromatic rings. The van der Waals surface area contributed by atoms with Crippen molar-refractivity contribution >= 4 is 30.7 Å². The molecule has 0 aliphatic rings. The monoisotopic (exact) mass is 330 g/mol. The maximum Gasteiger partial charge on any atom is 1.00 e. The molecule has 6 heteroatoms. The Morgan fingerprint density at radius 2 is 2.00 bits per heavy atom. The molecule has 0 radical (unpaired) electrons. The van der Waals surface area contributed by atoms with Crippen LogP contribution in [-0.2, 0) is 4.74 Å². The van der Waals surface area contributed by atoms with Gasteiger partial charge in [-0.1, -0.05) is 0 Å². The number of carbonyl (C=O) groups is 1. The number of nitrogens with zero attached hydrogens (tertiary/aromatic N) is 2. The summed E-state index contributed by atoms with van der Waals surface area (Å²) in [6.07, 6.45) is 0. The molecule has 0 unspecified atom stereocenters. The van der Waals surface area contributed by atoms with E-state index in [1.165, 1.54) is 0 Å². The normalized spacial score (nSPS) is 9.75. The van der Waals surface area contributed by atoms with Crippen molar-refractivity contribution in [3.05, 3.63) is 45.4 Å². The third-order valence-corrected chi connectivity index (χ3v) is 4.18. The molecule has 0 saturated heterocycles. The Morgan fingerprint density at radius 1 is 1.35 bits per heavy atom. The zero-order chi connectivity index (χ0) is 13.8. The average molecular weight is 329 g/mol. The van der Waals surface area contributed by atoms with Crippen molar-refractivity contribution in [2.24, 2.45) is 0 Å². The molecule has 2 rings (SSSR count). The second-order valence-electron chi connectivity index (χ2n) is 4.08. The summed E-state index contributed by atoms with van der Waals surface area (Å²) in [5, 5.41) is 6.38. The van der Waals surface area contributed by atoms with E-state index in [0.29, 0.717) is 12.3 Å². The van der Waals surface area contributed by atoms with Crippen molar-refractivity contribution in [1.82, 2.24) is 4.98 Å². The fourth-order valence-corrected chi connectivity index (χ4v) is 3.11. The van der Waals surface area contributed by atoms with Gasteiger partial charge >= 0.3 is 137 Å². The van der Waals surface area contributed by atoms with Crippen LogP contribution in [0, 0.1) is 13.8 Å². The molecule has 1 heterocycles. The van der Waals surface area contributed by atoms with Gasteiger partial charge in [0, 0.05) is 0 Å². The van der Waals surface area contributed by atoms with Crippen molar-refractivity contribution in [2.45, 2.75) is 20.8 Å². The van der Waals surface area contributed by atoms with E-state index in [1.807, 2.05) is 32.0 Å². The Hall–Kier alpha value is -0.983. The molecule has 1 aromatic carbocycles. The Morgan fingerprint density at radius 3 is 2.60 bits per heavy atom. The predicted molar refractivity (Wildman–Crippen MR) is 75.7 cm³/mol. The number of para-hydroxylation sites is 1. The van der Waals surface area contributed by atoms with E-state index in [4.69, 9.17) is 4.74 Å². The van der Waals surface area contributed by atoms with Gasteiger partial charge in [0.15, 0.2) is 0 Å². The fraction of sp³-hybridized carbons (Fsp3) is 0.286. The van der Waals surface area contributed by atoms with Crippen LogP contribution in [-0.4, -0.2) is 32.1 Å². The molecule has 0 bridgehead atoms. The summed E-state index contributed by atoms with van der Waals surface area (Å²) >= 11 is -0.00316. The molecule has 0 aliphatic carbocycles. The van der Waals surface area contributed by atoms with Gasteiger partial charge in [0.2, 0.25) is 0 Å². The summed E-state index contributed by atoms with van der Waals surface area (Å²) < 4.78 is 5.73. The fourth-order valence-electron chi connectivity index (χ4n) is 1.74. The molecule has 1 aromatic heterocycles. The summed E-state index contributed by atoms with van der Waals surface area (Å²) in [5.74, 6) is -0.386. The van der Waals surface area contributed by atoms with E-state index in [0.717, 1.165) is 21.4 Å². The molecule has 0 aliphatic heterocycles. The van der Waals surface area contributed by atoms with Crippen LogP contribution in [0.4, 0.5) is 10.2 Å². The van der Waals surface area contributed by atoms with Crippen LogP contribution in [0.5, 0.6) is 0 Å². The van der Waals surface area contributed by atoms with E-state index in [9.17, 15) is 4.79 Å². The van der Waals surface area contributed by atoms with E-state index in [-0.39, 0.29) is 39.3 Å². The average Bonchev–Trinajstić information content (AvgIpc) is 2.82. The molecule has 0 saturated carbocycles. The van der Waals surface area contributed by atoms with Crippen molar-refractivity contribution in [2.75, 3.05) is 6.61 Å². The first kappa shape index (κ1) is 17.1. The van der Waals surface area contributed by atoms with E-state index in [1.54, 1.807) is 12.0 Å². The van der Waals surface area contributed by atoms with Crippen molar-refractivity contribution in [3.63, 3.8) is 0 Å². The van der Waals surface area contributed by atoms with E-state index in [2.05, 4.69) is 10.3 Å². The third-order valence-electron chi connectivity index (χ3n) is 2.67. The topological polar surface area (TPSA) is 53.3 Å². The van der Waals surface area contributed by atoms with Gasteiger partial charge in [-0.2, -0.15) is 0 Å². The summed E-state index contributed by atoms with van der Waals surface area (Å²) in [4.78, 5) is 15.9. The van der Waals surface area contributed by atoms with Gasteiger partial charge in [-0.25, -0.2) is 0 Å². The second-order valence-corrected chi connectivity index (χ2v) is 5.83. The number of esters is 1. The Balaban J connectivity index is 0.00000200. The number of ether oxygens (including phenoxy) is 1. The van der Waals surface area contributed by atoms with Gasteiger partial charge in [0.25, 0.3) is 0 Å². The Labute approximate surface area is 136 Å². The molecule has 4 nitrogen and oxygen atoms in total. The smallest absolute Gasteiger partial charge is 1.00 e. The van der Waals surface area contributed by atoms with E-state index >= 15 is 0 Å². The van der Waals surface area contributed by atoms with Crippen LogP contribution in [0.3, 0.4) is 0 Å². The molecule has 0 N–H and O–H groups in total. The minimum atomic E-state index is -0.386. The van der Waals surface area contributed by atoms with Gasteiger partial charge in [-0.05, 0) is 0 Å². The largest absolute Gasteiger partial charge is 1.00 e. The van der Waals surface area contributed by atoms with Gasteiger partial charge in [-0.15, -0.1) is 0 Å². The van der Waals surface area contributed by atoms with Crippen LogP contribution in [0.25, 0.3) is 5.32 Å². The molecular formula is C14H15LiN2O2Se. The van der Waals surface area contributed by atoms with Gasteiger partial charge in [-0.3, -0.25) is 0 Å². The number of hydrogen-bond donors (Lipinski definition) is 0. The zero-order valence-corrected chi connectivity index (χ0v) is 13.8. The van der Waals surface area contributed by atoms with Crippen molar-refractivity contribution in [3.8, 4) is 0 Å². The maximum absolute atomic E-state index is 11.8. The van der Waals surface area contributed by atoms with Crippen LogP contribution < -0.4 is 18.9 Å². The predicted octanol–water partition coefficient (Wildman–Crippen LogP) is 0.273. The molecule has 0 atom stereocenters. The summed E-state index contributed by atoms with van der Waals surface area (Å²) in [5.41, 5.74) is 3.47. The number of rotatable bonds is 4. The number of aromatic nitrogens is 1. The SMILES string of the molecule is CCOC(=O)c1nc[se]c1[N-]c1c(C)cccc1C.[Li+]. The molecule has 100 valence electrons. The first-order valence-electron chi connectivity index (χ1n) is 6.02. The van der Waals surface area contributed by atoms with Gasteiger partial charge in [0.05, 0.1) is 0 Å².